The van der Waals surface area contributed by atoms with Crippen molar-refractivity contribution >= 4 is 27.3 Å². The Labute approximate surface area is 147 Å². The van der Waals surface area contributed by atoms with Crippen molar-refractivity contribution < 1.29 is 13.2 Å². The number of amides is 1. The van der Waals surface area contributed by atoms with Gasteiger partial charge in [-0.05, 0) is 55.3 Å². The van der Waals surface area contributed by atoms with Crippen LogP contribution in [0.1, 0.15) is 16.7 Å². The molecule has 1 N–H and O–H groups in total. The number of nitrogens with zero attached hydrogens (tertiary/aromatic N) is 2. The van der Waals surface area contributed by atoms with Crippen LogP contribution in [0, 0.1) is 25.2 Å². The zero-order chi connectivity index (χ0) is 18.6. The molecule has 0 aliphatic heterocycles. The Kier molecular flexibility index (Phi) is 5.45. The average molecular weight is 357 g/mol. The Morgan fingerprint density at radius 2 is 1.80 bits per heavy atom. The molecule has 0 aromatic heterocycles. The van der Waals surface area contributed by atoms with Crippen molar-refractivity contribution in [2.75, 3.05) is 22.4 Å². The van der Waals surface area contributed by atoms with E-state index in [1.54, 1.807) is 36.4 Å². The van der Waals surface area contributed by atoms with E-state index in [0.29, 0.717) is 16.9 Å². The highest BCUT2D eigenvalue weighted by molar-refractivity contribution is 7.92. The highest BCUT2D eigenvalue weighted by atomic mass is 32.2. The molecule has 0 spiro atoms. The lowest BCUT2D eigenvalue weighted by Crippen LogP contribution is -2.38. The summed E-state index contributed by atoms with van der Waals surface area (Å²) in [6.45, 7) is 3.38. The maximum atomic E-state index is 12.3. The van der Waals surface area contributed by atoms with Crippen molar-refractivity contribution in [1.29, 1.82) is 5.26 Å². The van der Waals surface area contributed by atoms with Crippen molar-refractivity contribution in [2.24, 2.45) is 0 Å². The minimum absolute atomic E-state index is 0.330. The van der Waals surface area contributed by atoms with Gasteiger partial charge in [0.25, 0.3) is 0 Å². The number of sulfonamides is 1. The van der Waals surface area contributed by atoms with Crippen LogP contribution in [0.25, 0.3) is 0 Å². The Hall–Kier alpha value is -2.85. The van der Waals surface area contributed by atoms with E-state index >= 15 is 0 Å². The third-order valence-electron chi connectivity index (χ3n) is 3.83. The van der Waals surface area contributed by atoms with E-state index in [9.17, 15) is 13.2 Å². The van der Waals surface area contributed by atoms with E-state index in [1.165, 1.54) is 0 Å². The molecule has 0 saturated carbocycles. The van der Waals surface area contributed by atoms with Crippen LogP contribution >= 0.6 is 0 Å². The first kappa shape index (κ1) is 18.5. The lowest BCUT2D eigenvalue weighted by atomic mass is 10.1. The number of hydrogen-bond donors (Lipinski definition) is 1. The number of aryl methyl sites for hydroxylation is 1. The van der Waals surface area contributed by atoms with Gasteiger partial charge < -0.3 is 5.32 Å². The topological polar surface area (TPSA) is 90.3 Å². The van der Waals surface area contributed by atoms with Gasteiger partial charge in [-0.2, -0.15) is 5.26 Å². The van der Waals surface area contributed by atoms with Crippen molar-refractivity contribution in [1.82, 2.24) is 0 Å². The summed E-state index contributed by atoms with van der Waals surface area (Å²) in [4.78, 5) is 12.3. The maximum Gasteiger partial charge on any atom is 0.245 e. The van der Waals surface area contributed by atoms with Gasteiger partial charge in [0.1, 0.15) is 6.54 Å². The van der Waals surface area contributed by atoms with Crippen molar-refractivity contribution in [3.63, 3.8) is 0 Å². The van der Waals surface area contributed by atoms with Gasteiger partial charge in [-0.15, -0.1) is 0 Å². The smallest absolute Gasteiger partial charge is 0.245 e. The summed E-state index contributed by atoms with van der Waals surface area (Å²) >= 11 is 0. The van der Waals surface area contributed by atoms with Gasteiger partial charge >= 0.3 is 0 Å². The van der Waals surface area contributed by atoms with Crippen LogP contribution in [0.15, 0.2) is 42.5 Å². The molecule has 7 heteroatoms. The first-order valence-corrected chi connectivity index (χ1v) is 9.41. The lowest BCUT2D eigenvalue weighted by molar-refractivity contribution is -0.114. The van der Waals surface area contributed by atoms with Gasteiger partial charge in [0.2, 0.25) is 15.9 Å². The minimum Gasteiger partial charge on any atom is -0.325 e. The Morgan fingerprint density at radius 3 is 2.36 bits per heavy atom. The predicted octanol–water partition coefficient (Wildman–Crippen LogP) is 2.58. The number of benzene rings is 2. The van der Waals surface area contributed by atoms with Crippen LogP contribution in [0.2, 0.25) is 0 Å². The molecule has 25 heavy (non-hydrogen) atoms. The summed E-state index contributed by atoms with van der Waals surface area (Å²) in [6.07, 6.45) is 1.07. The van der Waals surface area contributed by atoms with Gasteiger partial charge in [-0.25, -0.2) is 8.42 Å². The maximum absolute atomic E-state index is 12.3. The van der Waals surface area contributed by atoms with Crippen LogP contribution in [0.5, 0.6) is 0 Å². The van der Waals surface area contributed by atoms with E-state index in [-0.39, 0.29) is 6.54 Å². The van der Waals surface area contributed by atoms with Crippen molar-refractivity contribution in [3.8, 4) is 6.07 Å². The van der Waals surface area contributed by atoms with E-state index in [2.05, 4.69) is 5.32 Å². The summed E-state index contributed by atoms with van der Waals surface area (Å²) in [6, 6.07) is 13.7. The number of nitriles is 1. The molecule has 0 atom stereocenters. The van der Waals surface area contributed by atoms with E-state index in [4.69, 9.17) is 5.26 Å². The molecule has 0 aliphatic carbocycles. The molecule has 130 valence electrons. The summed E-state index contributed by atoms with van der Waals surface area (Å²) in [5.41, 5.74) is 3.21. The number of anilines is 2. The van der Waals surface area contributed by atoms with Gasteiger partial charge in [-0.3, -0.25) is 9.10 Å². The second-order valence-corrected chi connectivity index (χ2v) is 7.63. The monoisotopic (exact) mass is 357 g/mol. The van der Waals surface area contributed by atoms with E-state index in [0.717, 1.165) is 21.7 Å². The van der Waals surface area contributed by atoms with Crippen LogP contribution in [0.3, 0.4) is 0 Å². The molecular weight excluding hydrogens is 338 g/mol. The second-order valence-electron chi connectivity index (χ2n) is 5.73. The largest absolute Gasteiger partial charge is 0.325 e. The van der Waals surface area contributed by atoms with Gasteiger partial charge in [0, 0.05) is 5.69 Å². The van der Waals surface area contributed by atoms with Crippen molar-refractivity contribution in [2.45, 2.75) is 13.8 Å². The molecular formula is C18H19N3O3S. The zero-order valence-electron chi connectivity index (χ0n) is 14.3. The van der Waals surface area contributed by atoms with Gasteiger partial charge in [-0.1, -0.05) is 12.1 Å². The first-order chi connectivity index (χ1) is 11.7. The molecule has 0 bridgehead atoms. The summed E-state index contributed by atoms with van der Waals surface area (Å²) in [5.74, 6) is -0.462. The van der Waals surface area contributed by atoms with Gasteiger partial charge in [0.15, 0.2) is 0 Å². The molecule has 0 heterocycles. The van der Waals surface area contributed by atoms with Crippen LogP contribution in [-0.4, -0.2) is 27.1 Å². The second kappa shape index (κ2) is 7.36. The fourth-order valence-electron chi connectivity index (χ4n) is 2.35. The normalized spacial score (nSPS) is 10.8. The number of carbonyl (C=O) groups is 1. The average Bonchev–Trinajstić information content (AvgIpc) is 2.55. The molecule has 6 nitrogen and oxygen atoms in total. The molecule has 1 amide bonds. The third-order valence-corrected chi connectivity index (χ3v) is 4.96. The molecule has 0 aliphatic rings. The highest BCUT2D eigenvalue weighted by Gasteiger charge is 2.22. The SMILES string of the molecule is Cc1cccc(N(CC(=O)Nc2ccc(C#N)cc2)S(C)(=O)=O)c1C. The quantitative estimate of drug-likeness (QED) is 0.890. The number of nitrogens with one attached hydrogen (secondary N) is 1. The summed E-state index contributed by atoms with van der Waals surface area (Å²) in [7, 11) is -3.63. The van der Waals surface area contributed by atoms with Crippen LogP contribution in [0.4, 0.5) is 11.4 Å². The number of rotatable bonds is 5. The van der Waals surface area contributed by atoms with E-state index < -0.39 is 15.9 Å². The summed E-state index contributed by atoms with van der Waals surface area (Å²) < 4.78 is 25.4. The molecule has 0 fully saturated rings. The fraction of sp³-hybridized carbons (Fsp3) is 0.222. The molecule has 2 rings (SSSR count). The highest BCUT2D eigenvalue weighted by Crippen LogP contribution is 2.24. The fourth-order valence-corrected chi connectivity index (χ4v) is 3.25. The summed E-state index contributed by atoms with van der Waals surface area (Å²) in [5, 5.41) is 11.4. The van der Waals surface area contributed by atoms with E-state index in [1.807, 2.05) is 26.0 Å². The number of hydrogen-bond acceptors (Lipinski definition) is 4. The minimum atomic E-state index is -3.63. The standard InChI is InChI=1S/C18H19N3O3S/c1-13-5-4-6-17(14(13)2)21(25(3,23)24)12-18(22)20-16-9-7-15(11-19)8-10-16/h4-10H,12H2,1-3H3,(H,20,22). The van der Waals surface area contributed by atoms with Crippen LogP contribution < -0.4 is 9.62 Å². The molecule has 2 aromatic carbocycles. The predicted molar refractivity (Wildman–Crippen MR) is 97.9 cm³/mol. The molecule has 0 saturated heterocycles. The molecule has 2 aromatic rings. The van der Waals surface area contributed by atoms with Crippen LogP contribution in [-0.2, 0) is 14.8 Å². The Morgan fingerprint density at radius 1 is 1.16 bits per heavy atom. The zero-order valence-corrected chi connectivity index (χ0v) is 15.1. The number of carbonyl (C=O) groups excluding carboxylic acids is 1. The third kappa shape index (κ3) is 4.58. The lowest BCUT2D eigenvalue weighted by Gasteiger charge is -2.24. The van der Waals surface area contributed by atoms with Gasteiger partial charge in [0.05, 0.1) is 23.6 Å². The first-order valence-electron chi connectivity index (χ1n) is 7.56. The molecule has 0 radical (unpaired) electrons. The Balaban J connectivity index is 2.24. The Bertz CT molecular complexity index is 929. The molecule has 0 unspecified atom stereocenters. The van der Waals surface area contributed by atoms with Crippen molar-refractivity contribution in [3.05, 3.63) is 59.2 Å².